The van der Waals surface area contributed by atoms with Gasteiger partial charge in [-0.05, 0) is 79.0 Å². The van der Waals surface area contributed by atoms with Gasteiger partial charge in [0, 0.05) is 40.7 Å². The van der Waals surface area contributed by atoms with Crippen LogP contribution in [0.3, 0.4) is 0 Å². The number of halogens is 2. The first kappa shape index (κ1) is 24.9. The Bertz CT molecular complexity index is 1700. The predicted molar refractivity (Wildman–Crippen MR) is 156 cm³/mol. The second kappa shape index (κ2) is 10.1. The monoisotopic (exact) mass is 542 g/mol. The zero-order valence-electron chi connectivity index (χ0n) is 21.4. The minimum atomic E-state index is -0.235. The summed E-state index contributed by atoms with van der Waals surface area (Å²) in [5.74, 6) is 0. The molecule has 7 heteroatoms. The first-order valence-electron chi connectivity index (χ1n) is 12.8. The molecule has 2 aromatic heterocycles. The maximum absolute atomic E-state index is 14.3. The molecule has 5 nitrogen and oxygen atoms in total. The van der Waals surface area contributed by atoms with Crippen LogP contribution in [0.4, 0.5) is 0 Å². The van der Waals surface area contributed by atoms with E-state index in [1.165, 1.54) is 0 Å². The van der Waals surface area contributed by atoms with E-state index < -0.39 is 0 Å². The van der Waals surface area contributed by atoms with Gasteiger partial charge >= 0.3 is 0 Å². The van der Waals surface area contributed by atoms with Gasteiger partial charge in [0.2, 0.25) is 0 Å². The number of aryl methyl sites for hydroxylation is 2. The van der Waals surface area contributed by atoms with Crippen molar-refractivity contribution in [2.24, 2.45) is 14.1 Å². The Balaban J connectivity index is 1.72. The lowest BCUT2D eigenvalue weighted by molar-refractivity contribution is 0.271. The van der Waals surface area contributed by atoms with E-state index in [1.54, 1.807) is 4.57 Å². The van der Waals surface area contributed by atoms with Gasteiger partial charge in [0.15, 0.2) is 0 Å². The highest BCUT2D eigenvalue weighted by Gasteiger charge is 2.33. The number of nitrogens with zero attached hydrogens (tertiary/aromatic N) is 4. The molecule has 3 aromatic carbocycles. The zero-order valence-corrected chi connectivity index (χ0v) is 22.9. The van der Waals surface area contributed by atoms with Crippen LogP contribution in [-0.2, 0) is 14.1 Å². The minimum absolute atomic E-state index is 0.00943. The van der Waals surface area contributed by atoms with E-state index >= 15 is 0 Å². The number of pyridine rings is 1. The predicted octanol–water partition coefficient (Wildman–Crippen LogP) is 7.10. The minimum Gasteiger partial charge on any atom is -0.336 e. The van der Waals surface area contributed by atoms with Crippen LogP contribution in [-0.4, -0.2) is 32.1 Å². The Morgan fingerprint density at radius 2 is 1.58 bits per heavy atom. The highest BCUT2D eigenvalue weighted by atomic mass is 35.5. The van der Waals surface area contributed by atoms with Crippen LogP contribution < -0.4 is 5.56 Å². The van der Waals surface area contributed by atoms with Crippen molar-refractivity contribution >= 4 is 34.1 Å². The van der Waals surface area contributed by atoms with Crippen LogP contribution in [0.5, 0.6) is 0 Å². The lowest BCUT2D eigenvalue weighted by Crippen LogP contribution is -2.35. The second-order valence-corrected chi connectivity index (χ2v) is 10.8. The highest BCUT2D eigenvalue weighted by Crippen LogP contribution is 2.40. The molecular weight excluding hydrogens is 515 g/mol. The smallest absolute Gasteiger partial charge is 0.256 e. The van der Waals surface area contributed by atoms with Crippen LogP contribution in [0.1, 0.15) is 30.1 Å². The molecule has 0 aliphatic carbocycles. The first-order valence-corrected chi connectivity index (χ1v) is 13.6. The molecule has 0 amide bonds. The molecule has 1 saturated heterocycles. The van der Waals surface area contributed by atoms with Crippen molar-refractivity contribution in [3.8, 4) is 22.3 Å². The third-order valence-electron chi connectivity index (χ3n) is 7.64. The number of hydrogen-bond donors (Lipinski definition) is 0. The maximum Gasteiger partial charge on any atom is 0.256 e. The van der Waals surface area contributed by atoms with Crippen molar-refractivity contribution in [2.75, 3.05) is 13.1 Å². The Morgan fingerprint density at radius 3 is 2.26 bits per heavy atom. The molecule has 6 rings (SSSR count). The average molecular weight is 543 g/mol. The number of likely N-dealkylation sites (tertiary alicyclic amines) is 1. The van der Waals surface area contributed by atoms with Crippen LogP contribution in [0.15, 0.2) is 84.0 Å². The summed E-state index contributed by atoms with van der Waals surface area (Å²) in [5, 5.41) is 2.33. The molecule has 1 fully saturated rings. The maximum atomic E-state index is 14.3. The molecule has 192 valence electrons. The Morgan fingerprint density at radius 1 is 0.842 bits per heavy atom. The van der Waals surface area contributed by atoms with E-state index in [0.717, 1.165) is 70.3 Å². The fraction of sp³-hybridized carbons (Fsp3) is 0.226. The molecule has 0 spiro atoms. The summed E-state index contributed by atoms with van der Waals surface area (Å²) < 4.78 is 3.81. The van der Waals surface area contributed by atoms with Gasteiger partial charge in [0.25, 0.3) is 5.56 Å². The second-order valence-electron chi connectivity index (χ2n) is 9.98. The van der Waals surface area contributed by atoms with E-state index in [2.05, 4.69) is 22.0 Å². The molecule has 1 aliphatic heterocycles. The molecule has 1 unspecified atom stereocenters. The molecule has 3 heterocycles. The Kier molecular flexibility index (Phi) is 6.60. The van der Waals surface area contributed by atoms with Gasteiger partial charge in [0.05, 0.1) is 29.8 Å². The van der Waals surface area contributed by atoms with Gasteiger partial charge in [-0.3, -0.25) is 9.69 Å². The highest BCUT2D eigenvalue weighted by molar-refractivity contribution is 6.31. The molecule has 38 heavy (non-hydrogen) atoms. The third kappa shape index (κ3) is 4.35. The summed E-state index contributed by atoms with van der Waals surface area (Å²) in [6, 6.07) is 21.7. The fourth-order valence-electron chi connectivity index (χ4n) is 5.75. The number of rotatable bonds is 5. The standard InChI is InChI=1S/C31H28Cl2N4O/c1-35-19-34-18-27(35)30(37-14-3-4-15-37)29-28(22-6-5-7-24(33)16-22)25-17-21(20-8-11-23(32)12-9-20)10-13-26(25)36(2)31(29)38/h5-13,16-19,30H,3-4,14-15H2,1-2H3. The van der Waals surface area contributed by atoms with Gasteiger partial charge < -0.3 is 9.13 Å². The molecule has 0 radical (unpaired) electrons. The van der Waals surface area contributed by atoms with Gasteiger partial charge in [-0.1, -0.05) is 53.5 Å². The summed E-state index contributed by atoms with van der Waals surface area (Å²) in [6.45, 7) is 1.85. The number of imidazole rings is 1. The Labute approximate surface area is 231 Å². The van der Waals surface area contributed by atoms with Gasteiger partial charge in [0.1, 0.15) is 0 Å². The van der Waals surface area contributed by atoms with Crippen LogP contribution in [0.25, 0.3) is 33.2 Å². The fourth-order valence-corrected chi connectivity index (χ4v) is 6.07. The van der Waals surface area contributed by atoms with Crippen LogP contribution >= 0.6 is 23.2 Å². The van der Waals surface area contributed by atoms with E-state index in [-0.39, 0.29) is 11.6 Å². The summed E-state index contributed by atoms with van der Waals surface area (Å²) in [7, 11) is 3.86. The summed E-state index contributed by atoms with van der Waals surface area (Å²) in [4.78, 5) is 21.2. The van der Waals surface area contributed by atoms with Gasteiger partial charge in [-0.15, -0.1) is 0 Å². The molecule has 1 atom stereocenters. The van der Waals surface area contributed by atoms with E-state index in [1.807, 2.05) is 85.8 Å². The third-order valence-corrected chi connectivity index (χ3v) is 8.12. The summed E-state index contributed by atoms with van der Waals surface area (Å²) in [6.07, 6.45) is 5.91. The quantitative estimate of drug-likeness (QED) is 0.238. The van der Waals surface area contributed by atoms with Crippen molar-refractivity contribution in [2.45, 2.75) is 18.9 Å². The van der Waals surface area contributed by atoms with Crippen LogP contribution in [0, 0.1) is 0 Å². The lowest BCUT2D eigenvalue weighted by atomic mass is 9.89. The number of aromatic nitrogens is 3. The zero-order chi connectivity index (χ0) is 26.4. The van der Waals surface area contributed by atoms with Crippen LogP contribution in [0.2, 0.25) is 10.0 Å². The molecule has 1 aliphatic rings. The summed E-state index contributed by atoms with van der Waals surface area (Å²) >= 11 is 12.7. The number of benzene rings is 3. The van der Waals surface area contributed by atoms with Crippen molar-refractivity contribution in [3.63, 3.8) is 0 Å². The van der Waals surface area contributed by atoms with Crippen molar-refractivity contribution in [1.29, 1.82) is 0 Å². The Hall–Kier alpha value is -3.38. The molecular formula is C31H28Cl2N4O. The molecule has 0 bridgehead atoms. The molecule has 0 saturated carbocycles. The van der Waals surface area contributed by atoms with E-state index in [0.29, 0.717) is 10.0 Å². The van der Waals surface area contributed by atoms with Gasteiger partial charge in [-0.2, -0.15) is 0 Å². The summed E-state index contributed by atoms with van der Waals surface area (Å²) in [5.41, 5.74) is 6.57. The van der Waals surface area contributed by atoms with E-state index in [9.17, 15) is 4.79 Å². The molecule has 5 aromatic rings. The first-order chi connectivity index (χ1) is 18.4. The largest absolute Gasteiger partial charge is 0.336 e. The van der Waals surface area contributed by atoms with Crippen molar-refractivity contribution in [1.82, 2.24) is 19.0 Å². The SMILES string of the molecule is Cn1cncc1C(c1c(-c2cccc(Cl)c2)c2cc(-c3ccc(Cl)cc3)ccc2n(C)c1=O)N1CCCC1. The topological polar surface area (TPSA) is 43.1 Å². The number of hydrogen-bond acceptors (Lipinski definition) is 3. The normalized spacial score (nSPS) is 14.8. The van der Waals surface area contributed by atoms with Crippen molar-refractivity contribution in [3.05, 3.63) is 111 Å². The lowest BCUT2D eigenvalue weighted by Gasteiger charge is -2.30. The molecule has 0 N–H and O–H groups in total. The van der Waals surface area contributed by atoms with Gasteiger partial charge in [-0.25, -0.2) is 4.98 Å². The average Bonchev–Trinajstić information content (AvgIpc) is 3.60. The number of fused-ring (bicyclic) bond motifs is 1. The van der Waals surface area contributed by atoms with E-state index in [4.69, 9.17) is 23.2 Å². The van der Waals surface area contributed by atoms with Crippen molar-refractivity contribution < 1.29 is 0 Å².